The van der Waals surface area contributed by atoms with Crippen LogP contribution in [0.25, 0.3) is 21.8 Å². The Bertz CT molecular complexity index is 1590. The van der Waals surface area contributed by atoms with E-state index < -0.39 is 5.41 Å². The summed E-state index contributed by atoms with van der Waals surface area (Å²) in [5, 5.41) is 2.55. The highest BCUT2D eigenvalue weighted by Crippen LogP contribution is 2.57. The number of aromatic amines is 1. The Morgan fingerprint density at radius 3 is 1.91 bits per heavy atom. The van der Waals surface area contributed by atoms with E-state index in [-0.39, 0.29) is 0 Å². The van der Waals surface area contributed by atoms with Crippen molar-refractivity contribution in [1.82, 2.24) is 4.98 Å². The average molecular weight is 440 g/mol. The van der Waals surface area contributed by atoms with Crippen LogP contribution < -0.4 is 0 Å². The number of rotatable bonds is 2. The molecular weight excluding hydrogens is 418 g/mol. The maximum Gasteiger partial charge on any atom is 0.0744 e. The molecule has 6 aromatic rings. The van der Waals surface area contributed by atoms with Crippen molar-refractivity contribution in [3.63, 3.8) is 0 Å². The molecule has 0 amide bonds. The van der Waals surface area contributed by atoms with Gasteiger partial charge in [-0.2, -0.15) is 0 Å². The summed E-state index contributed by atoms with van der Waals surface area (Å²) in [6, 6.07) is 44.1. The highest BCUT2D eigenvalue weighted by molar-refractivity contribution is 7.99. The molecule has 0 aliphatic carbocycles. The van der Waals surface area contributed by atoms with Crippen molar-refractivity contribution in [3.8, 4) is 0 Å². The Kier molecular flexibility index (Phi) is 4.06. The van der Waals surface area contributed by atoms with Crippen molar-refractivity contribution in [2.45, 2.75) is 15.2 Å². The predicted octanol–water partition coefficient (Wildman–Crippen LogP) is 8.17. The number of H-pyrrole nitrogens is 1. The van der Waals surface area contributed by atoms with Crippen LogP contribution in [0.15, 0.2) is 131 Å². The lowest BCUT2D eigenvalue weighted by molar-refractivity contribution is 0.709. The summed E-state index contributed by atoms with van der Waals surface area (Å²) >= 11 is 1.88. The maximum absolute atomic E-state index is 3.82. The van der Waals surface area contributed by atoms with Crippen molar-refractivity contribution in [2.75, 3.05) is 0 Å². The molecule has 1 aliphatic rings. The molecule has 7 rings (SSSR count). The third-order valence-corrected chi connectivity index (χ3v) is 8.08. The van der Waals surface area contributed by atoms with Gasteiger partial charge in [-0.3, -0.25) is 0 Å². The van der Waals surface area contributed by atoms with Gasteiger partial charge in [0, 0.05) is 31.6 Å². The normalized spacial score (nSPS) is 14.2. The second kappa shape index (κ2) is 7.13. The number of nitrogens with one attached hydrogen (secondary N) is 1. The van der Waals surface area contributed by atoms with Crippen molar-refractivity contribution >= 4 is 33.6 Å². The van der Waals surface area contributed by atoms with E-state index in [9.17, 15) is 0 Å². The molecule has 0 saturated carbocycles. The van der Waals surface area contributed by atoms with E-state index in [1.807, 2.05) is 11.8 Å². The molecule has 1 aromatic heterocycles. The number of hydrogen-bond acceptors (Lipinski definition) is 1. The third-order valence-electron chi connectivity index (χ3n) is 6.94. The van der Waals surface area contributed by atoms with Crippen molar-refractivity contribution in [2.24, 2.45) is 0 Å². The fourth-order valence-corrected chi connectivity index (χ4v) is 6.83. The Labute approximate surface area is 197 Å². The largest absolute Gasteiger partial charge is 0.354 e. The van der Waals surface area contributed by atoms with E-state index in [1.165, 1.54) is 53.9 Å². The number of hydrogen-bond donors (Lipinski definition) is 1. The summed E-state index contributed by atoms with van der Waals surface area (Å²) in [7, 11) is 0. The lowest BCUT2D eigenvalue weighted by Gasteiger charge is -2.42. The molecule has 2 heterocycles. The Balaban J connectivity index is 1.73. The molecule has 5 aromatic carbocycles. The van der Waals surface area contributed by atoms with E-state index in [0.717, 1.165) is 0 Å². The first-order valence-corrected chi connectivity index (χ1v) is 12.1. The van der Waals surface area contributed by atoms with E-state index >= 15 is 0 Å². The fourth-order valence-electron chi connectivity index (χ4n) is 5.62. The molecule has 0 bridgehead atoms. The third kappa shape index (κ3) is 2.56. The molecular formula is C31H21NS. The van der Waals surface area contributed by atoms with Crippen LogP contribution in [-0.4, -0.2) is 4.98 Å². The summed E-state index contributed by atoms with van der Waals surface area (Å²) < 4.78 is 0. The van der Waals surface area contributed by atoms with Gasteiger partial charge in [-0.1, -0.05) is 115 Å². The van der Waals surface area contributed by atoms with E-state index in [4.69, 9.17) is 0 Å². The van der Waals surface area contributed by atoms with Gasteiger partial charge in [0.15, 0.2) is 0 Å². The topological polar surface area (TPSA) is 15.8 Å². The minimum absolute atomic E-state index is 0.417. The Morgan fingerprint density at radius 2 is 1.15 bits per heavy atom. The number of para-hydroxylation sites is 1. The summed E-state index contributed by atoms with van der Waals surface area (Å²) in [4.78, 5) is 6.44. The first-order valence-electron chi connectivity index (χ1n) is 11.3. The summed E-state index contributed by atoms with van der Waals surface area (Å²) in [5.41, 5.74) is 7.25. The molecule has 1 aliphatic heterocycles. The average Bonchev–Trinajstić information content (AvgIpc) is 3.27. The second-order valence-corrected chi connectivity index (χ2v) is 9.70. The first kappa shape index (κ1) is 18.8. The Morgan fingerprint density at radius 1 is 0.515 bits per heavy atom. The number of aromatic nitrogens is 1. The zero-order valence-corrected chi connectivity index (χ0v) is 18.8. The van der Waals surface area contributed by atoms with Crippen LogP contribution in [0.5, 0.6) is 0 Å². The zero-order valence-electron chi connectivity index (χ0n) is 18.0. The molecule has 0 spiro atoms. The number of benzene rings is 5. The molecule has 0 radical (unpaired) electrons. The van der Waals surface area contributed by atoms with Gasteiger partial charge >= 0.3 is 0 Å². The van der Waals surface area contributed by atoms with Gasteiger partial charge in [0.2, 0.25) is 0 Å². The summed E-state index contributed by atoms with van der Waals surface area (Å²) in [6.07, 6.45) is 0. The van der Waals surface area contributed by atoms with Crippen LogP contribution in [0.4, 0.5) is 0 Å². The van der Waals surface area contributed by atoms with Gasteiger partial charge in [0.1, 0.15) is 0 Å². The van der Waals surface area contributed by atoms with Gasteiger partial charge in [0.05, 0.1) is 10.9 Å². The van der Waals surface area contributed by atoms with Crippen LogP contribution in [0, 0.1) is 0 Å². The van der Waals surface area contributed by atoms with Crippen LogP contribution >= 0.6 is 11.8 Å². The standard InChI is InChI=1S/C31H21NS/c1-3-11-21(12-4-1)31(22-13-5-2-6-14-22)25-16-8-10-18-27(25)33-28-20-19-24-23-15-7-9-17-26(23)32-30(24)29(28)31/h1-20,32H. The van der Waals surface area contributed by atoms with E-state index in [1.54, 1.807) is 0 Å². The summed E-state index contributed by atoms with van der Waals surface area (Å²) in [5.74, 6) is 0. The SMILES string of the molecule is c1ccc(C2(c3ccccc3)c3ccccc3Sc3ccc4c([nH]c5ccccc54)c32)cc1. The van der Waals surface area contributed by atoms with Gasteiger partial charge < -0.3 is 4.98 Å². The van der Waals surface area contributed by atoms with Crippen LogP contribution in [0.2, 0.25) is 0 Å². The smallest absolute Gasteiger partial charge is 0.0744 e. The fraction of sp³-hybridized carbons (Fsp3) is 0.0323. The predicted molar refractivity (Wildman–Crippen MR) is 138 cm³/mol. The minimum atomic E-state index is -0.417. The van der Waals surface area contributed by atoms with Crippen LogP contribution in [-0.2, 0) is 5.41 Å². The lowest BCUT2D eigenvalue weighted by atomic mass is 9.64. The highest BCUT2D eigenvalue weighted by atomic mass is 32.2. The quantitative estimate of drug-likeness (QED) is 0.287. The van der Waals surface area contributed by atoms with Crippen molar-refractivity contribution < 1.29 is 0 Å². The molecule has 1 nitrogen and oxygen atoms in total. The summed E-state index contributed by atoms with van der Waals surface area (Å²) in [6.45, 7) is 0. The maximum atomic E-state index is 3.82. The number of fused-ring (bicyclic) bond motifs is 6. The zero-order chi connectivity index (χ0) is 21.8. The monoisotopic (exact) mass is 439 g/mol. The van der Waals surface area contributed by atoms with Crippen molar-refractivity contribution in [1.29, 1.82) is 0 Å². The first-order chi connectivity index (χ1) is 16.4. The van der Waals surface area contributed by atoms with Crippen LogP contribution in [0.3, 0.4) is 0 Å². The minimum Gasteiger partial charge on any atom is -0.354 e. The molecule has 0 atom stereocenters. The molecule has 156 valence electrons. The molecule has 2 heteroatoms. The highest BCUT2D eigenvalue weighted by Gasteiger charge is 2.45. The molecule has 0 saturated heterocycles. The Hall–Kier alpha value is -3.75. The lowest BCUT2D eigenvalue weighted by Crippen LogP contribution is -2.34. The van der Waals surface area contributed by atoms with E-state index in [2.05, 4.69) is 126 Å². The van der Waals surface area contributed by atoms with E-state index in [0.29, 0.717) is 0 Å². The van der Waals surface area contributed by atoms with Crippen molar-refractivity contribution in [3.05, 3.63) is 144 Å². The van der Waals surface area contributed by atoms with Gasteiger partial charge in [-0.25, -0.2) is 0 Å². The van der Waals surface area contributed by atoms with Gasteiger partial charge in [0.25, 0.3) is 0 Å². The molecule has 0 unspecified atom stereocenters. The van der Waals surface area contributed by atoms with Gasteiger partial charge in [-0.05, 0) is 34.9 Å². The molecule has 1 N–H and O–H groups in total. The molecule has 0 fully saturated rings. The van der Waals surface area contributed by atoms with Crippen LogP contribution in [0.1, 0.15) is 22.3 Å². The van der Waals surface area contributed by atoms with Gasteiger partial charge in [-0.15, -0.1) is 0 Å². The second-order valence-electron chi connectivity index (χ2n) is 8.61. The molecule has 33 heavy (non-hydrogen) atoms.